The Kier molecular flexibility index (Phi) is 4.81. The van der Waals surface area contributed by atoms with E-state index in [1.165, 1.54) is 0 Å². The molecule has 1 N–H and O–H groups in total. The minimum Gasteiger partial charge on any atom is -0.492 e. The number of piperazine rings is 1. The number of carbonyl (C=O) groups excluding carboxylic acids is 1. The lowest BCUT2D eigenvalue weighted by atomic mass is 9.82. The van der Waals surface area contributed by atoms with Gasteiger partial charge in [-0.3, -0.25) is 9.59 Å². The zero-order chi connectivity index (χ0) is 19.0. The van der Waals surface area contributed by atoms with E-state index in [1.54, 1.807) is 0 Å². The summed E-state index contributed by atoms with van der Waals surface area (Å²) in [5, 5.41) is 9.60. The highest BCUT2D eigenvalue weighted by Crippen LogP contribution is 2.48. The van der Waals surface area contributed by atoms with Gasteiger partial charge in [0.25, 0.3) is 0 Å². The fourth-order valence-corrected chi connectivity index (χ4v) is 4.87. The highest BCUT2D eigenvalue weighted by Gasteiger charge is 2.52. The highest BCUT2D eigenvalue weighted by atomic mass is 16.5. The van der Waals surface area contributed by atoms with Crippen molar-refractivity contribution >= 4 is 17.6 Å². The third-order valence-corrected chi connectivity index (χ3v) is 6.13. The first-order valence-electron chi connectivity index (χ1n) is 9.77. The molecule has 0 aromatic heterocycles. The number of allylic oxidation sites excluding steroid dienone is 2. The predicted molar refractivity (Wildman–Crippen MR) is 102 cm³/mol. The zero-order valence-electron chi connectivity index (χ0n) is 15.6. The number of benzene rings is 1. The van der Waals surface area contributed by atoms with Crippen molar-refractivity contribution < 1.29 is 19.4 Å². The first-order valence-corrected chi connectivity index (χ1v) is 9.77. The van der Waals surface area contributed by atoms with Crippen LogP contribution in [0.2, 0.25) is 0 Å². The molecule has 1 saturated heterocycles. The van der Waals surface area contributed by atoms with Crippen LogP contribution in [0.5, 0.6) is 5.75 Å². The molecule has 6 nitrogen and oxygen atoms in total. The number of rotatable bonds is 5. The second-order valence-electron chi connectivity index (χ2n) is 7.55. The first kappa shape index (κ1) is 17.9. The van der Waals surface area contributed by atoms with E-state index in [4.69, 9.17) is 4.74 Å². The SMILES string of the molecule is CCOc1ccccc1N1CCN(C(=O)C2C3C=CC(C3)C2C(=O)O)CC1. The fourth-order valence-electron chi connectivity index (χ4n) is 4.87. The molecule has 1 heterocycles. The van der Waals surface area contributed by atoms with Gasteiger partial charge in [0.15, 0.2) is 0 Å². The molecule has 0 spiro atoms. The number of hydrogen-bond acceptors (Lipinski definition) is 4. The number of carboxylic acid groups (broad SMARTS) is 1. The Morgan fingerprint density at radius 1 is 1.07 bits per heavy atom. The molecule has 4 rings (SSSR count). The molecule has 2 fully saturated rings. The van der Waals surface area contributed by atoms with E-state index < -0.39 is 17.8 Å². The molecule has 2 bridgehead atoms. The fraction of sp³-hybridized carbons (Fsp3) is 0.524. The summed E-state index contributed by atoms with van der Waals surface area (Å²) < 4.78 is 5.72. The van der Waals surface area contributed by atoms with Gasteiger partial charge in [-0.15, -0.1) is 0 Å². The monoisotopic (exact) mass is 370 g/mol. The number of aliphatic carboxylic acids is 1. The first-order chi connectivity index (χ1) is 13.1. The van der Waals surface area contributed by atoms with E-state index in [2.05, 4.69) is 4.90 Å². The third kappa shape index (κ3) is 3.17. The van der Waals surface area contributed by atoms with E-state index in [1.807, 2.05) is 48.2 Å². The van der Waals surface area contributed by atoms with Gasteiger partial charge in [-0.25, -0.2) is 0 Å². The van der Waals surface area contributed by atoms with Crippen LogP contribution in [-0.4, -0.2) is 54.7 Å². The Hall–Kier alpha value is -2.50. The standard InChI is InChI=1S/C21H26N2O4/c1-2-27-17-6-4-3-5-16(17)22-9-11-23(12-10-22)20(24)18-14-7-8-15(13-14)19(18)21(25)26/h3-8,14-15,18-19H,2,9-13H2,1H3,(H,25,26). The summed E-state index contributed by atoms with van der Waals surface area (Å²) in [7, 11) is 0. The van der Waals surface area contributed by atoms with Crippen LogP contribution in [0.3, 0.4) is 0 Å². The lowest BCUT2D eigenvalue weighted by molar-refractivity contribution is -0.151. The van der Waals surface area contributed by atoms with Gasteiger partial charge in [-0.1, -0.05) is 24.3 Å². The van der Waals surface area contributed by atoms with Crippen molar-refractivity contribution in [1.82, 2.24) is 4.90 Å². The van der Waals surface area contributed by atoms with Crippen LogP contribution in [0.1, 0.15) is 13.3 Å². The molecule has 6 heteroatoms. The molecule has 4 unspecified atom stereocenters. The van der Waals surface area contributed by atoms with E-state index >= 15 is 0 Å². The van der Waals surface area contributed by atoms with Gasteiger partial charge in [-0.2, -0.15) is 0 Å². The molecular weight excluding hydrogens is 344 g/mol. The summed E-state index contributed by atoms with van der Waals surface area (Å²) in [5.74, 6) is -0.833. The van der Waals surface area contributed by atoms with Gasteiger partial charge in [0.2, 0.25) is 5.91 Å². The summed E-state index contributed by atoms with van der Waals surface area (Å²) in [6.07, 6.45) is 4.83. The average Bonchev–Trinajstić information content (AvgIpc) is 3.30. The average molecular weight is 370 g/mol. The molecule has 4 atom stereocenters. The van der Waals surface area contributed by atoms with Crippen molar-refractivity contribution in [3.8, 4) is 5.75 Å². The van der Waals surface area contributed by atoms with Crippen molar-refractivity contribution in [2.45, 2.75) is 13.3 Å². The Bertz CT molecular complexity index is 754. The molecule has 1 aliphatic heterocycles. The van der Waals surface area contributed by atoms with E-state index in [0.29, 0.717) is 19.7 Å². The van der Waals surface area contributed by atoms with Gasteiger partial charge in [0.05, 0.1) is 24.1 Å². The van der Waals surface area contributed by atoms with Gasteiger partial charge < -0.3 is 19.6 Å². The van der Waals surface area contributed by atoms with Crippen LogP contribution in [0, 0.1) is 23.7 Å². The van der Waals surface area contributed by atoms with Crippen molar-refractivity contribution in [1.29, 1.82) is 0 Å². The van der Waals surface area contributed by atoms with Crippen LogP contribution < -0.4 is 9.64 Å². The lowest BCUT2D eigenvalue weighted by Crippen LogP contribution is -2.52. The summed E-state index contributed by atoms with van der Waals surface area (Å²) in [6, 6.07) is 7.97. The number of anilines is 1. The van der Waals surface area contributed by atoms with Crippen LogP contribution in [0.4, 0.5) is 5.69 Å². The summed E-state index contributed by atoms with van der Waals surface area (Å²) in [4.78, 5) is 28.9. The molecule has 0 radical (unpaired) electrons. The zero-order valence-corrected chi connectivity index (χ0v) is 15.6. The van der Waals surface area contributed by atoms with Crippen molar-refractivity contribution in [2.75, 3.05) is 37.7 Å². The van der Waals surface area contributed by atoms with Crippen molar-refractivity contribution in [3.05, 3.63) is 36.4 Å². The maximum Gasteiger partial charge on any atom is 0.307 e. The highest BCUT2D eigenvalue weighted by molar-refractivity contribution is 5.87. The van der Waals surface area contributed by atoms with Gasteiger partial charge in [0.1, 0.15) is 5.75 Å². The van der Waals surface area contributed by atoms with E-state index in [0.717, 1.165) is 30.9 Å². The Morgan fingerprint density at radius 3 is 2.41 bits per heavy atom. The number of fused-ring (bicyclic) bond motifs is 2. The molecule has 3 aliphatic rings. The smallest absolute Gasteiger partial charge is 0.307 e. The van der Waals surface area contributed by atoms with E-state index in [-0.39, 0.29) is 17.7 Å². The van der Waals surface area contributed by atoms with Gasteiger partial charge >= 0.3 is 5.97 Å². The second kappa shape index (κ2) is 7.25. The number of carboxylic acids is 1. The summed E-state index contributed by atoms with van der Waals surface area (Å²) >= 11 is 0. The molecule has 1 aromatic carbocycles. The largest absolute Gasteiger partial charge is 0.492 e. The molecule has 1 saturated carbocycles. The maximum absolute atomic E-state index is 13.1. The molecular formula is C21H26N2O4. The van der Waals surface area contributed by atoms with Crippen LogP contribution >= 0.6 is 0 Å². The molecule has 1 aromatic rings. The van der Waals surface area contributed by atoms with Crippen LogP contribution in [0.15, 0.2) is 36.4 Å². The maximum atomic E-state index is 13.1. The molecule has 144 valence electrons. The number of hydrogen-bond donors (Lipinski definition) is 1. The van der Waals surface area contributed by atoms with Crippen molar-refractivity contribution in [3.63, 3.8) is 0 Å². The van der Waals surface area contributed by atoms with Gasteiger partial charge in [0, 0.05) is 26.2 Å². The molecule has 1 amide bonds. The van der Waals surface area contributed by atoms with E-state index in [9.17, 15) is 14.7 Å². The van der Waals surface area contributed by atoms with Crippen LogP contribution in [0.25, 0.3) is 0 Å². The quantitative estimate of drug-likeness (QED) is 0.805. The van der Waals surface area contributed by atoms with Crippen LogP contribution in [-0.2, 0) is 9.59 Å². The lowest BCUT2D eigenvalue weighted by Gasteiger charge is -2.39. The number of amides is 1. The normalized spacial score (nSPS) is 29.2. The summed E-state index contributed by atoms with van der Waals surface area (Å²) in [6.45, 7) is 5.26. The Balaban J connectivity index is 1.43. The number of ether oxygens (including phenoxy) is 1. The number of nitrogens with zero attached hydrogens (tertiary/aromatic N) is 2. The second-order valence-corrected chi connectivity index (χ2v) is 7.55. The van der Waals surface area contributed by atoms with Crippen molar-refractivity contribution in [2.24, 2.45) is 23.7 Å². The number of para-hydroxylation sites is 2. The minimum absolute atomic E-state index is 0.0111. The van der Waals surface area contributed by atoms with Gasteiger partial charge in [-0.05, 0) is 37.3 Å². The Labute approximate surface area is 159 Å². The minimum atomic E-state index is -0.838. The topological polar surface area (TPSA) is 70.1 Å². The Morgan fingerprint density at radius 2 is 1.74 bits per heavy atom. The predicted octanol–water partition coefficient (Wildman–Crippen LogP) is 2.26. The number of carbonyl (C=O) groups is 2. The molecule has 27 heavy (non-hydrogen) atoms. The third-order valence-electron chi connectivity index (χ3n) is 6.13. The summed E-state index contributed by atoms with van der Waals surface area (Å²) in [5.41, 5.74) is 1.05. The molecule has 2 aliphatic carbocycles.